The number of sulfone groups is 1. The molecule has 0 saturated carbocycles. The van der Waals surface area contributed by atoms with Crippen LogP contribution in [0.1, 0.15) is 47.3 Å². The minimum absolute atomic E-state index is 0.0375. The van der Waals surface area contributed by atoms with Crippen molar-refractivity contribution >= 4 is 39.1 Å². The first-order valence-corrected chi connectivity index (χ1v) is 15.1. The quantitative estimate of drug-likeness (QED) is 0.296. The number of carbonyl (C=O) groups is 2. The van der Waals surface area contributed by atoms with Crippen LogP contribution in [0.3, 0.4) is 0 Å². The molecule has 3 N–H and O–H groups in total. The lowest BCUT2D eigenvalue weighted by Crippen LogP contribution is -2.43. The van der Waals surface area contributed by atoms with E-state index >= 15 is 0 Å². The number of halogens is 2. The van der Waals surface area contributed by atoms with Gasteiger partial charge in [0.2, 0.25) is 0 Å². The number of benzene rings is 1. The number of hydrogen-bond acceptors (Lipinski definition) is 7. The minimum atomic E-state index is -3.22. The fraction of sp³-hybridized carbons (Fsp3) is 0.500. The molecule has 2 aromatic rings. The maximum Gasteiger partial charge on any atom is 0.326 e. The van der Waals surface area contributed by atoms with E-state index in [-0.39, 0.29) is 35.8 Å². The SMILES string of the molecule is CS(=O)(=O)CCN(CCCCc1ccc2c(n1)NCCC2)CCC(NC(=O)c1cccc(F)c1Cl)C(=O)O. The molecular formula is C26H34ClFN4O5S. The Hall–Kier alpha value is -2.76. The number of nitrogens with one attached hydrogen (secondary N) is 2. The number of hydrogen-bond donors (Lipinski definition) is 3. The third kappa shape index (κ3) is 9.21. The summed E-state index contributed by atoms with van der Waals surface area (Å²) in [6.07, 6.45) is 5.69. The van der Waals surface area contributed by atoms with Crippen molar-refractivity contribution in [1.82, 2.24) is 15.2 Å². The molecule has 1 amide bonds. The summed E-state index contributed by atoms with van der Waals surface area (Å²) in [5.41, 5.74) is 2.06. The van der Waals surface area contributed by atoms with Gasteiger partial charge in [0.15, 0.2) is 0 Å². The van der Waals surface area contributed by atoms with Gasteiger partial charge in [-0.05, 0) is 68.8 Å². The van der Waals surface area contributed by atoms with Crippen molar-refractivity contribution in [2.45, 2.75) is 44.6 Å². The lowest BCUT2D eigenvalue weighted by molar-refractivity contribution is -0.139. The molecule has 1 aliphatic heterocycles. The molecule has 2 heterocycles. The molecule has 1 aromatic heterocycles. The van der Waals surface area contributed by atoms with Gasteiger partial charge in [-0.2, -0.15) is 0 Å². The van der Waals surface area contributed by atoms with Crippen LogP contribution < -0.4 is 10.6 Å². The van der Waals surface area contributed by atoms with E-state index in [0.29, 0.717) is 6.54 Å². The van der Waals surface area contributed by atoms with E-state index in [1.165, 1.54) is 17.7 Å². The highest BCUT2D eigenvalue weighted by molar-refractivity contribution is 7.90. The van der Waals surface area contributed by atoms with Crippen molar-refractivity contribution in [2.24, 2.45) is 0 Å². The maximum atomic E-state index is 13.7. The number of aromatic nitrogens is 1. The Morgan fingerprint density at radius 1 is 1.21 bits per heavy atom. The van der Waals surface area contributed by atoms with Crippen LogP contribution >= 0.6 is 11.6 Å². The second kappa shape index (κ2) is 13.9. The highest BCUT2D eigenvalue weighted by Gasteiger charge is 2.24. The van der Waals surface area contributed by atoms with E-state index < -0.39 is 33.6 Å². The zero-order valence-electron chi connectivity index (χ0n) is 21.4. The number of carboxylic acids is 1. The van der Waals surface area contributed by atoms with Crippen molar-refractivity contribution in [2.75, 3.05) is 43.5 Å². The monoisotopic (exact) mass is 568 g/mol. The largest absolute Gasteiger partial charge is 0.480 e. The molecule has 0 bridgehead atoms. The van der Waals surface area contributed by atoms with Crippen molar-refractivity contribution in [3.05, 3.63) is 58.0 Å². The number of rotatable bonds is 14. The van der Waals surface area contributed by atoms with Gasteiger partial charge in [-0.25, -0.2) is 22.6 Å². The van der Waals surface area contributed by atoms with E-state index in [1.54, 1.807) is 0 Å². The second-order valence-corrected chi connectivity index (χ2v) is 12.2. The number of nitrogens with zero attached hydrogens (tertiary/aromatic N) is 2. The Balaban J connectivity index is 1.55. The van der Waals surface area contributed by atoms with Crippen LogP contribution in [0, 0.1) is 5.82 Å². The maximum absolute atomic E-state index is 13.7. The summed E-state index contributed by atoms with van der Waals surface area (Å²) in [7, 11) is -3.22. The van der Waals surface area contributed by atoms with Gasteiger partial charge < -0.3 is 20.6 Å². The van der Waals surface area contributed by atoms with Gasteiger partial charge in [0.1, 0.15) is 27.5 Å². The summed E-state index contributed by atoms with van der Waals surface area (Å²) in [4.78, 5) is 30.9. The van der Waals surface area contributed by atoms with Crippen LogP contribution in [0.2, 0.25) is 5.02 Å². The number of fused-ring (bicyclic) bond motifs is 1. The van der Waals surface area contributed by atoms with E-state index in [1.807, 2.05) is 11.0 Å². The van der Waals surface area contributed by atoms with Crippen molar-refractivity contribution in [1.29, 1.82) is 0 Å². The van der Waals surface area contributed by atoms with Crippen LogP contribution in [0.25, 0.3) is 0 Å². The third-order valence-corrected chi connectivity index (χ3v) is 7.73. The highest BCUT2D eigenvalue weighted by atomic mass is 35.5. The molecule has 0 aliphatic carbocycles. The highest BCUT2D eigenvalue weighted by Crippen LogP contribution is 2.21. The zero-order valence-corrected chi connectivity index (χ0v) is 23.0. The molecule has 0 fully saturated rings. The molecule has 1 aliphatic rings. The average Bonchev–Trinajstić information content (AvgIpc) is 2.87. The lowest BCUT2D eigenvalue weighted by atomic mass is 10.1. The summed E-state index contributed by atoms with van der Waals surface area (Å²) in [5.74, 6) is -1.93. The first-order valence-electron chi connectivity index (χ1n) is 12.6. The van der Waals surface area contributed by atoms with Crippen molar-refractivity contribution in [3.63, 3.8) is 0 Å². The van der Waals surface area contributed by atoms with Crippen LogP contribution in [-0.4, -0.2) is 79.5 Å². The summed E-state index contributed by atoms with van der Waals surface area (Å²) in [6, 6.07) is 6.62. The van der Waals surface area contributed by atoms with Crippen LogP contribution in [0.15, 0.2) is 30.3 Å². The predicted octanol–water partition coefficient (Wildman–Crippen LogP) is 3.17. The van der Waals surface area contributed by atoms with Crippen molar-refractivity contribution < 1.29 is 27.5 Å². The fourth-order valence-electron chi connectivity index (χ4n) is 4.26. The van der Waals surface area contributed by atoms with Crippen molar-refractivity contribution in [3.8, 4) is 0 Å². The Labute approximate surface area is 227 Å². The molecule has 9 nitrogen and oxygen atoms in total. The minimum Gasteiger partial charge on any atom is -0.480 e. The number of amides is 1. The summed E-state index contributed by atoms with van der Waals surface area (Å²) in [6.45, 7) is 1.99. The Bertz CT molecular complexity index is 1240. The third-order valence-electron chi connectivity index (χ3n) is 6.42. The molecule has 38 heavy (non-hydrogen) atoms. The Morgan fingerprint density at radius 2 is 2.00 bits per heavy atom. The number of carbonyl (C=O) groups excluding carboxylic acids is 1. The number of anilines is 1. The van der Waals surface area contributed by atoms with E-state index in [4.69, 9.17) is 16.6 Å². The lowest BCUT2D eigenvalue weighted by Gasteiger charge is -2.24. The van der Waals surface area contributed by atoms with Gasteiger partial charge in [0.05, 0.1) is 16.3 Å². The number of unbranched alkanes of at least 4 members (excludes halogenated alkanes) is 1. The van der Waals surface area contributed by atoms with Gasteiger partial charge in [0.25, 0.3) is 5.91 Å². The van der Waals surface area contributed by atoms with E-state index in [2.05, 4.69) is 16.7 Å². The van der Waals surface area contributed by atoms with Crippen LogP contribution in [-0.2, 0) is 27.5 Å². The Morgan fingerprint density at radius 3 is 2.74 bits per heavy atom. The molecule has 3 rings (SSSR count). The molecule has 0 radical (unpaired) electrons. The standard InChI is InChI=1S/C26H34ClFN4O5S/c1-38(36,37)17-16-32(14-3-2-7-19-11-10-18-6-5-13-29-24(18)30-19)15-12-22(26(34)35)31-25(33)20-8-4-9-21(28)23(20)27/h4,8-11,22H,2-3,5-7,12-17H2,1H3,(H,29,30)(H,31,33)(H,34,35). The summed E-state index contributed by atoms with van der Waals surface area (Å²) >= 11 is 5.86. The second-order valence-electron chi connectivity index (χ2n) is 9.52. The van der Waals surface area contributed by atoms with Gasteiger partial charge in [-0.15, -0.1) is 0 Å². The zero-order chi connectivity index (χ0) is 27.7. The molecular weight excluding hydrogens is 535 g/mol. The van der Waals surface area contributed by atoms with Crippen LogP contribution in [0.5, 0.6) is 0 Å². The number of aryl methyl sites for hydroxylation is 2. The smallest absolute Gasteiger partial charge is 0.326 e. The molecule has 1 atom stereocenters. The normalized spacial score (nSPS) is 14.0. The fourth-order valence-corrected chi connectivity index (χ4v) is 5.07. The number of pyridine rings is 1. The molecule has 0 spiro atoms. The van der Waals surface area contributed by atoms with E-state index in [9.17, 15) is 27.5 Å². The topological polar surface area (TPSA) is 129 Å². The van der Waals surface area contributed by atoms with Gasteiger partial charge in [-0.1, -0.05) is 23.7 Å². The first-order chi connectivity index (χ1) is 18.0. The predicted molar refractivity (Wildman–Crippen MR) is 145 cm³/mol. The summed E-state index contributed by atoms with van der Waals surface area (Å²) < 4.78 is 37.2. The molecule has 1 unspecified atom stereocenters. The molecule has 208 valence electrons. The molecule has 0 saturated heterocycles. The van der Waals surface area contributed by atoms with E-state index in [0.717, 1.165) is 62.5 Å². The number of aliphatic carboxylic acids is 1. The average molecular weight is 569 g/mol. The van der Waals surface area contributed by atoms with Gasteiger partial charge in [0, 0.05) is 31.6 Å². The van der Waals surface area contributed by atoms with Gasteiger partial charge in [-0.3, -0.25) is 4.79 Å². The Kier molecular flexibility index (Phi) is 10.9. The van der Waals surface area contributed by atoms with Gasteiger partial charge >= 0.3 is 5.97 Å². The first kappa shape index (κ1) is 29.8. The molecule has 12 heteroatoms. The number of carboxylic acid groups (broad SMARTS) is 1. The van der Waals surface area contributed by atoms with Crippen LogP contribution in [0.4, 0.5) is 10.2 Å². The molecule has 1 aromatic carbocycles. The summed E-state index contributed by atoms with van der Waals surface area (Å²) in [5, 5.41) is 15.0.